The van der Waals surface area contributed by atoms with Gasteiger partial charge in [0.05, 0.1) is 13.3 Å². The first-order valence-electron chi connectivity index (χ1n) is 8.28. The molecule has 0 aliphatic carbocycles. The standard InChI is InChI=1S/C16H23N7O2/c1-22-11-12(10-19-22)9-18-16(24)23-7-4-13(5-8-23)20-15-17-6-3-14(21-15)25-2/h3,6,10-11,13H,4-5,7-9H2,1-2H3,(H,18,24)(H,17,20,21). The first-order valence-corrected chi connectivity index (χ1v) is 8.28. The molecule has 3 rings (SSSR count). The van der Waals surface area contributed by atoms with E-state index in [0.29, 0.717) is 31.5 Å². The molecular formula is C16H23N7O2. The Bertz CT molecular complexity index is 710. The molecule has 2 N–H and O–H groups in total. The molecule has 1 saturated heterocycles. The number of likely N-dealkylation sites (tertiary alicyclic amines) is 1. The Morgan fingerprint density at radius 1 is 1.40 bits per heavy atom. The Morgan fingerprint density at radius 3 is 2.88 bits per heavy atom. The van der Waals surface area contributed by atoms with Crippen LogP contribution in [0.5, 0.6) is 5.88 Å². The second-order valence-corrected chi connectivity index (χ2v) is 6.01. The minimum atomic E-state index is -0.0417. The van der Waals surface area contributed by atoms with Crippen LogP contribution in [0.3, 0.4) is 0 Å². The molecular weight excluding hydrogens is 322 g/mol. The van der Waals surface area contributed by atoms with Crippen LogP contribution < -0.4 is 15.4 Å². The Kier molecular flexibility index (Phi) is 5.32. The van der Waals surface area contributed by atoms with Gasteiger partial charge in [0.2, 0.25) is 11.8 Å². The van der Waals surface area contributed by atoms with Gasteiger partial charge in [0.15, 0.2) is 0 Å². The van der Waals surface area contributed by atoms with Crippen molar-refractivity contribution in [2.24, 2.45) is 7.05 Å². The lowest BCUT2D eigenvalue weighted by Crippen LogP contribution is -2.46. The average Bonchev–Trinajstić information content (AvgIpc) is 3.06. The number of ether oxygens (including phenoxy) is 1. The molecule has 25 heavy (non-hydrogen) atoms. The van der Waals surface area contributed by atoms with Crippen molar-refractivity contribution in [1.29, 1.82) is 0 Å². The van der Waals surface area contributed by atoms with Gasteiger partial charge >= 0.3 is 6.03 Å². The summed E-state index contributed by atoms with van der Waals surface area (Å²) in [6, 6.07) is 1.91. The molecule has 2 amide bonds. The zero-order valence-corrected chi connectivity index (χ0v) is 14.5. The van der Waals surface area contributed by atoms with E-state index in [2.05, 4.69) is 25.7 Å². The monoisotopic (exact) mass is 345 g/mol. The zero-order valence-electron chi connectivity index (χ0n) is 14.5. The molecule has 1 aliphatic rings. The summed E-state index contributed by atoms with van der Waals surface area (Å²) in [5.41, 5.74) is 0.988. The Balaban J connectivity index is 1.43. The molecule has 0 atom stereocenters. The van der Waals surface area contributed by atoms with E-state index >= 15 is 0 Å². The van der Waals surface area contributed by atoms with Gasteiger partial charge in [0, 0.05) is 56.7 Å². The van der Waals surface area contributed by atoms with Crippen molar-refractivity contribution in [1.82, 2.24) is 30.0 Å². The summed E-state index contributed by atoms with van der Waals surface area (Å²) in [5, 5.41) is 10.3. The lowest BCUT2D eigenvalue weighted by atomic mass is 10.1. The largest absolute Gasteiger partial charge is 0.481 e. The highest BCUT2D eigenvalue weighted by atomic mass is 16.5. The molecule has 1 aliphatic heterocycles. The first kappa shape index (κ1) is 17.0. The lowest BCUT2D eigenvalue weighted by molar-refractivity contribution is 0.183. The molecule has 0 saturated carbocycles. The van der Waals surface area contributed by atoms with E-state index in [1.807, 2.05) is 18.1 Å². The molecule has 0 aromatic carbocycles. The highest BCUT2D eigenvalue weighted by Crippen LogP contribution is 2.15. The van der Waals surface area contributed by atoms with E-state index in [9.17, 15) is 4.79 Å². The fraction of sp³-hybridized carbons (Fsp3) is 0.500. The molecule has 2 aromatic heterocycles. The van der Waals surface area contributed by atoms with Crippen molar-refractivity contribution in [3.05, 3.63) is 30.2 Å². The van der Waals surface area contributed by atoms with Crippen molar-refractivity contribution in [2.45, 2.75) is 25.4 Å². The minimum Gasteiger partial charge on any atom is -0.481 e. The Labute approximate surface area is 146 Å². The van der Waals surface area contributed by atoms with Crippen LogP contribution in [0, 0.1) is 0 Å². The summed E-state index contributed by atoms with van der Waals surface area (Å²) in [6.45, 7) is 1.88. The van der Waals surface area contributed by atoms with E-state index in [-0.39, 0.29) is 12.1 Å². The number of methoxy groups -OCH3 is 1. The number of nitrogens with zero attached hydrogens (tertiary/aromatic N) is 5. The van der Waals surface area contributed by atoms with Gasteiger partial charge < -0.3 is 20.3 Å². The van der Waals surface area contributed by atoms with E-state index in [1.165, 1.54) is 0 Å². The number of hydrogen-bond donors (Lipinski definition) is 2. The summed E-state index contributed by atoms with van der Waals surface area (Å²) >= 11 is 0. The molecule has 9 heteroatoms. The molecule has 0 bridgehead atoms. The number of amides is 2. The summed E-state index contributed by atoms with van der Waals surface area (Å²) in [7, 11) is 3.43. The average molecular weight is 345 g/mol. The highest BCUT2D eigenvalue weighted by Gasteiger charge is 2.23. The zero-order chi connectivity index (χ0) is 17.6. The first-order chi connectivity index (χ1) is 12.1. The number of anilines is 1. The summed E-state index contributed by atoms with van der Waals surface area (Å²) in [4.78, 5) is 22.5. The maximum atomic E-state index is 12.3. The van der Waals surface area contributed by atoms with Crippen LogP contribution in [0.1, 0.15) is 18.4 Å². The van der Waals surface area contributed by atoms with Crippen LogP contribution in [-0.2, 0) is 13.6 Å². The van der Waals surface area contributed by atoms with Gasteiger partial charge in [-0.1, -0.05) is 0 Å². The number of rotatable bonds is 5. The molecule has 3 heterocycles. The van der Waals surface area contributed by atoms with Crippen LogP contribution in [0.15, 0.2) is 24.7 Å². The fourth-order valence-electron chi connectivity index (χ4n) is 2.79. The van der Waals surface area contributed by atoms with Gasteiger partial charge in [-0.25, -0.2) is 9.78 Å². The summed E-state index contributed by atoms with van der Waals surface area (Å²) in [5.74, 6) is 1.09. The lowest BCUT2D eigenvalue weighted by Gasteiger charge is -2.32. The molecule has 0 radical (unpaired) electrons. The Hall–Kier alpha value is -2.84. The number of carbonyl (C=O) groups excluding carboxylic acids is 1. The topological polar surface area (TPSA) is 97.2 Å². The second-order valence-electron chi connectivity index (χ2n) is 6.01. The van der Waals surface area contributed by atoms with Crippen molar-refractivity contribution in [3.63, 3.8) is 0 Å². The number of aryl methyl sites for hydroxylation is 1. The number of carbonyl (C=O) groups is 1. The predicted molar refractivity (Wildman–Crippen MR) is 92.2 cm³/mol. The predicted octanol–water partition coefficient (Wildman–Crippen LogP) is 1.00. The maximum Gasteiger partial charge on any atom is 0.317 e. The van der Waals surface area contributed by atoms with Crippen LogP contribution in [-0.4, -0.2) is 56.9 Å². The normalized spacial score (nSPS) is 15.0. The SMILES string of the molecule is COc1ccnc(NC2CCN(C(=O)NCc3cnn(C)c3)CC2)n1. The smallest absolute Gasteiger partial charge is 0.317 e. The van der Waals surface area contributed by atoms with E-state index in [0.717, 1.165) is 18.4 Å². The summed E-state index contributed by atoms with van der Waals surface area (Å²) < 4.78 is 6.82. The van der Waals surface area contributed by atoms with Gasteiger partial charge in [-0.05, 0) is 12.8 Å². The number of aromatic nitrogens is 4. The van der Waals surface area contributed by atoms with Gasteiger partial charge in [0.25, 0.3) is 0 Å². The van der Waals surface area contributed by atoms with Crippen molar-refractivity contribution in [3.8, 4) is 5.88 Å². The highest BCUT2D eigenvalue weighted by molar-refractivity contribution is 5.74. The third-order valence-electron chi connectivity index (χ3n) is 4.16. The Morgan fingerprint density at radius 2 is 2.20 bits per heavy atom. The fourth-order valence-corrected chi connectivity index (χ4v) is 2.79. The summed E-state index contributed by atoms with van der Waals surface area (Å²) in [6.07, 6.45) is 7.01. The second kappa shape index (κ2) is 7.82. The molecule has 2 aromatic rings. The third-order valence-corrected chi connectivity index (χ3v) is 4.16. The maximum absolute atomic E-state index is 12.3. The van der Waals surface area contributed by atoms with Crippen molar-refractivity contribution in [2.75, 3.05) is 25.5 Å². The van der Waals surface area contributed by atoms with Crippen LogP contribution in [0.4, 0.5) is 10.7 Å². The van der Waals surface area contributed by atoms with Crippen LogP contribution in [0.25, 0.3) is 0 Å². The van der Waals surface area contributed by atoms with E-state index in [4.69, 9.17) is 4.74 Å². The van der Waals surface area contributed by atoms with E-state index in [1.54, 1.807) is 30.3 Å². The molecule has 9 nitrogen and oxygen atoms in total. The molecule has 1 fully saturated rings. The van der Waals surface area contributed by atoms with Gasteiger partial charge in [0.1, 0.15) is 0 Å². The minimum absolute atomic E-state index is 0.0417. The number of hydrogen-bond acceptors (Lipinski definition) is 6. The molecule has 0 spiro atoms. The van der Waals surface area contributed by atoms with E-state index < -0.39 is 0 Å². The van der Waals surface area contributed by atoms with Crippen molar-refractivity contribution >= 4 is 12.0 Å². The van der Waals surface area contributed by atoms with Crippen LogP contribution >= 0.6 is 0 Å². The number of piperidine rings is 1. The molecule has 134 valence electrons. The quantitative estimate of drug-likeness (QED) is 0.839. The van der Waals surface area contributed by atoms with Gasteiger partial charge in [-0.3, -0.25) is 4.68 Å². The van der Waals surface area contributed by atoms with Crippen LogP contribution in [0.2, 0.25) is 0 Å². The van der Waals surface area contributed by atoms with Crippen molar-refractivity contribution < 1.29 is 9.53 Å². The number of nitrogens with one attached hydrogen (secondary N) is 2. The van der Waals surface area contributed by atoms with Gasteiger partial charge in [-0.2, -0.15) is 10.1 Å². The van der Waals surface area contributed by atoms with Gasteiger partial charge in [-0.15, -0.1) is 0 Å². The third kappa shape index (κ3) is 4.59. The number of urea groups is 1. The molecule has 0 unspecified atom stereocenters.